The SMILES string of the molecule is CC(C)Cc1ccc(-c2nc(-c3ccncc3)c(-c3ccccc3F)[nH]2)cc1. The van der Waals surface area contributed by atoms with Crippen molar-refractivity contribution in [3.05, 3.63) is 84.4 Å². The first-order valence-corrected chi connectivity index (χ1v) is 9.46. The molecule has 4 aromatic rings. The average Bonchev–Trinajstić information content (AvgIpc) is 3.14. The fourth-order valence-electron chi connectivity index (χ4n) is 3.36. The molecule has 0 saturated heterocycles. The third-order valence-corrected chi connectivity index (χ3v) is 4.67. The van der Waals surface area contributed by atoms with Gasteiger partial charge in [0, 0.05) is 29.1 Å². The summed E-state index contributed by atoms with van der Waals surface area (Å²) in [6.45, 7) is 4.42. The molecule has 0 unspecified atom stereocenters. The summed E-state index contributed by atoms with van der Waals surface area (Å²) in [4.78, 5) is 12.2. The van der Waals surface area contributed by atoms with E-state index in [0.29, 0.717) is 22.9 Å². The minimum Gasteiger partial charge on any atom is -0.337 e. The van der Waals surface area contributed by atoms with Crippen molar-refractivity contribution >= 4 is 0 Å². The molecule has 0 saturated carbocycles. The van der Waals surface area contributed by atoms with Gasteiger partial charge < -0.3 is 4.98 Å². The third kappa shape index (κ3) is 3.72. The summed E-state index contributed by atoms with van der Waals surface area (Å²) in [6.07, 6.45) is 4.48. The van der Waals surface area contributed by atoms with Gasteiger partial charge in [-0.1, -0.05) is 50.2 Å². The Morgan fingerprint density at radius 3 is 2.29 bits per heavy atom. The third-order valence-electron chi connectivity index (χ3n) is 4.67. The summed E-state index contributed by atoms with van der Waals surface area (Å²) in [6, 6.07) is 18.9. The van der Waals surface area contributed by atoms with Gasteiger partial charge in [-0.25, -0.2) is 9.37 Å². The summed E-state index contributed by atoms with van der Waals surface area (Å²) >= 11 is 0. The van der Waals surface area contributed by atoms with E-state index in [9.17, 15) is 4.39 Å². The molecule has 4 rings (SSSR count). The number of aromatic amines is 1. The fraction of sp³-hybridized carbons (Fsp3) is 0.167. The smallest absolute Gasteiger partial charge is 0.138 e. The monoisotopic (exact) mass is 371 g/mol. The van der Waals surface area contributed by atoms with Crippen LogP contribution < -0.4 is 0 Å². The molecule has 0 aliphatic heterocycles. The van der Waals surface area contributed by atoms with Gasteiger partial charge in [-0.2, -0.15) is 0 Å². The molecule has 140 valence electrons. The van der Waals surface area contributed by atoms with E-state index in [4.69, 9.17) is 4.98 Å². The first-order chi connectivity index (χ1) is 13.6. The second kappa shape index (κ2) is 7.77. The zero-order valence-electron chi connectivity index (χ0n) is 16.0. The van der Waals surface area contributed by atoms with E-state index in [1.807, 2.05) is 18.2 Å². The van der Waals surface area contributed by atoms with E-state index in [0.717, 1.165) is 23.4 Å². The molecule has 0 amide bonds. The van der Waals surface area contributed by atoms with Crippen LogP contribution in [0.4, 0.5) is 4.39 Å². The molecule has 0 aliphatic rings. The van der Waals surface area contributed by atoms with Gasteiger partial charge >= 0.3 is 0 Å². The summed E-state index contributed by atoms with van der Waals surface area (Å²) in [5.41, 5.74) is 5.07. The largest absolute Gasteiger partial charge is 0.337 e. The molecule has 0 bridgehead atoms. The van der Waals surface area contributed by atoms with Crippen molar-refractivity contribution in [3.63, 3.8) is 0 Å². The molecule has 2 aromatic carbocycles. The maximum atomic E-state index is 14.5. The minimum absolute atomic E-state index is 0.278. The highest BCUT2D eigenvalue weighted by Crippen LogP contribution is 2.34. The van der Waals surface area contributed by atoms with Gasteiger partial charge in [-0.15, -0.1) is 0 Å². The van der Waals surface area contributed by atoms with Crippen molar-refractivity contribution in [3.8, 4) is 33.9 Å². The van der Waals surface area contributed by atoms with E-state index >= 15 is 0 Å². The molecule has 0 atom stereocenters. The summed E-state index contributed by atoms with van der Waals surface area (Å²) in [5, 5.41) is 0. The number of rotatable bonds is 5. The molecule has 2 aromatic heterocycles. The molecule has 2 heterocycles. The number of aromatic nitrogens is 3. The highest BCUT2D eigenvalue weighted by molar-refractivity contribution is 5.81. The van der Waals surface area contributed by atoms with E-state index in [2.05, 4.69) is 48.1 Å². The number of nitrogens with zero attached hydrogens (tertiary/aromatic N) is 2. The van der Waals surface area contributed by atoms with E-state index in [1.165, 1.54) is 11.6 Å². The number of benzene rings is 2. The van der Waals surface area contributed by atoms with Crippen molar-refractivity contribution in [1.29, 1.82) is 0 Å². The topological polar surface area (TPSA) is 41.6 Å². The normalized spacial score (nSPS) is 11.1. The Labute approximate surface area is 164 Å². The van der Waals surface area contributed by atoms with Crippen LogP contribution >= 0.6 is 0 Å². The number of pyridine rings is 1. The predicted octanol–water partition coefficient (Wildman–Crippen LogP) is 6.14. The van der Waals surface area contributed by atoms with Crippen LogP contribution in [0.1, 0.15) is 19.4 Å². The van der Waals surface area contributed by atoms with Gasteiger partial charge in [0.1, 0.15) is 11.6 Å². The Bertz CT molecular complexity index is 1070. The lowest BCUT2D eigenvalue weighted by Gasteiger charge is -2.05. The molecule has 4 heteroatoms. The Hall–Kier alpha value is -3.27. The van der Waals surface area contributed by atoms with Gasteiger partial charge in [0.2, 0.25) is 0 Å². The maximum Gasteiger partial charge on any atom is 0.138 e. The molecular weight excluding hydrogens is 349 g/mol. The second-order valence-corrected chi connectivity index (χ2v) is 7.32. The molecule has 28 heavy (non-hydrogen) atoms. The summed E-state index contributed by atoms with van der Waals surface area (Å²) < 4.78 is 14.5. The van der Waals surface area contributed by atoms with Gasteiger partial charge in [-0.3, -0.25) is 4.98 Å². The first kappa shape index (κ1) is 18.1. The first-order valence-electron chi connectivity index (χ1n) is 9.46. The average molecular weight is 371 g/mol. The summed E-state index contributed by atoms with van der Waals surface area (Å²) in [7, 11) is 0. The van der Waals surface area contributed by atoms with Gasteiger partial charge in [0.05, 0.1) is 11.4 Å². The Morgan fingerprint density at radius 2 is 1.61 bits per heavy atom. The number of hydrogen-bond donors (Lipinski definition) is 1. The quantitative estimate of drug-likeness (QED) is 0.457. The molecule has 3 nitrogen and oxygen atoms in total. The second-order valence-electron chi connectivity index (χ2n) is 7.32. The highest BCUT2D eigenvalue weighted by Gasteiger charge is 2.17. The van der Waals surface area contributed by atoms with Crippen molar-refractivity contribution < 1.29 is 4.39 Å². The van der Waals surface area contributed by atoms with Crippen LogP contribution in [-0.2, 0) is 6.42 Å². The van der Waals surface area contributed by atoms with Crippen LogP contribution in [0.3, 0.4) is 0 Å². The maximum absolute atomic E-state index is 14.5. The van der Waals surface area contributed by atoms with E-state index < -0.39 is 0 Å². The Balaban J connectivity index is 1.81. The minimum atomic E-state index is -0.278. The van der Waals surface area contributed by atoms with Crippen molar-refractivity contribution in [1.82, 2.24) is 15.0 Å². The summed E-state index contributed by atoms with van der Waals surface area (Å²) in [5.74, 6) is 1.06. The van der Waals surface area contributed by atoms with Gasteiger partial charge in [0.25, 0.3) is 0 Å². The molecule has 1 N–H and O–H groups in total. The van der Waals surface area contributed by atoms with Crippen molar-refractivity contribution in [2.24, 2.45) is 5.92 Å². The van der Waals surface area contributed by atoms with Gasteiger partial charge in [0.15, 0.2) is 0 Å². The van der Waals surface area contributed by atoms with Crippen LogP contribution in [-0.4, -0.2) is 15.0 Å². The lowest BCUT2D eigenvalue weighted by atomic mass is 10.0. The van der Waals surface area contributed by atoms with Crippen LogP contribution in [0.5, 0.6) is 0 Å². The number of halogens is 1. The van der Waals surface area contributed by atoms with E-state index in [1.54, 1.807) is 24.5 Å². The van der Waals surface area contributed by atoms with Gasteiger partial charge in [-0.05, 0) is 42.2 Å². The molecular formula is C24H22FN3. The van der Waals surface area contributed by atoms with Crippen molar-refractivity contribution in [2.45, 2.75) is 20.3 Å². The van der Waals surface area contributed by atoms with E-state index in [-0.39, 0.29) is 5.82 Å². The lowest BCUT2D eigenvalue weighted by Crippen LogP contribution is -1.93. The molecule has 0 spiro atoms. The van der Waals surface area contributed by atoms with Crippen LogP contribution in [0.25, 0.3) is 33.9 Å². The van der Waals surface area contributed by atoms with Crippen LogP contribution in [0, 0.1) is 11.7 Å². The molecule has 0 radical (unpaired) electrons. The van der Waals surface area contributed by atoms with Crippen molar-refractivity contribution in [2.75, 3.05) is 0 Å². The zero-order valence-corrected chi connectivity index (χ0v) is 16.0. The Kier molecular flexibility index (Phi) is 5.02. The molecule has 0 fully saturated rings. The number of hydrogen-bond acceptors (Lipinski definition) is 2. The van der Waals surface area contributed by atoms with Crippen LogP contribution in [0.2, 0.25) is 0 Å². The zero-order chi connectivity index (χ0) is 19.5. The molecule has 0 aliphatic carbocycles. The fourth-order valence-corrected chi connectivity index (χ4v) is 3.36. The highest BCUT2D eigenvalue weighted by atomic mass is 19.1. The van der Waals surface area contributed by atoms with Crippen LogP contribution in [0.15, 0.2) is 73.1 Å². The lowest BCUT2D eigenvalue weighted by molar-refractivity contribution is 0.631. The predicted molar refractivity (Wildman–Crippen MR) is 111 cm³/mol. The number of imidazole rings is 1. The number of H-pyrrole nitrogens is 1. The standard InChI is InChI=1S/C24H22FN3/c1-16(2)15-17-7-9-19(10-8-17)24-27-22(18-11-13-26-14-12-18)23(28-24)20-5-3-4-6-21(20)25/h3-14,16H,15H2,1-2H3,(H,27,28). The number of nitrogens with one attached hydrogen (secondary N) is 1. The Morgan fingerprint density at radius 1 is 0.893 bits per heavy atom.